The van der Waals surface area contributed by atoms with Gasteiger partial charge in [-0.2, -0.15) is 0 Å². The molecule has 0 aromatic heterocycles. The minimum atomic E-state index is -0.185. The monoisotopic (exact) mass is 483 g/mol. The Morgan fingerprint density at radius 3 is 2.76 bits per heavy atom. The Kier molecular flexibility index (Phi) is 7.78. The number of nitrogens with one attached hydrogen (secondary N) is 2. The van der Waals surface area contributed by atoms with Crippen molar-refractivity contribution in [1.82, 2.24) is 10.2 Å². The molecular formula is C26H30ClN3O2S. The first-order chi connectivity index (χ1) is 15.9. The van der Waals surface area contributed by atoms with Crippen molar-refractivity contribution in [2.24, 2.45) is 11.8 Å². The smallest absolute Gasteiger partial charge is 0.262 e. The summed E-state index contributed by atoms with van der Waals surface area (Å²) < 4.78 is 0. The van der Waals surface area contributed by atoms with Crippen molar-refractivity contribution in [2.75, 3.05) is 31.5 Å². The Labute approximate surface area is 205 Å². The molecule has 2 atom stereocenters. The van der Waals surface area contributed by atoms with Crippen molar-refractivity contribution in [3.63, 3.8) is 0 Å². The van der Waals surface area contributed by atoms with Crippen LogP contribution in [0.25, 0.3) is 6.08 Å². The van der Waals surface area contributed by atoms with Crippen molar-refractivity contribution in [1.29, 1.82) is 0 Å². The van der Waals surface area contributed by atoms with Gasteiger partial charge in [0.2, 0.25) is 0 Å². The van der Waals surface area contributed by atoms with E-state index < -0.39 is 0 Å². The van der Waals surface area contributed by atoms with Crippen molar-refractivity contribution in [2.45, 2.75) is 31.6 Å². The van der Waals surface area contributed by atoms with Crippen LogP contribution < -0.4 is 10.6 Å². The lowest BCUT2D eigenvalue weighted by Crippen LogP contribution is -2.40. The normalized spacial score (nSPS) is 22.0. The number of halogens is 1. The molecule has 0 radical (unpaired) electrons. The summed E-state index contributed by atoms with van der Waals surface area (Å²) in [6.07, 6.45) is 4.05. The lowest BCUT2D eigenvalue weighted by atomic mass is 9.92. The number of anilines is 1. The first kappa shape index (κ1) is 23.9. The van der Waals surface area contributed by atoms with Crippen molar-refractivity contribution in [3.8, 4) is 0 Å². The number of rotatable bonds is 6. The average Bonchev–Trinajstić information content (AvgIpc) is 2.76. The fourth-order valence-electron chi connectivity index (χ4n) is 4.63. The molecule has 2 heterocycles. The van der Waals surface area contributed by atoms with Crippen LogP contribution in [0.2, 0.25) is 5.02 Å². The molecule has 1 saturated heterocycles. The zero-order valence-electron chi connectivity index (χ0n) is 19.1. The van der Waals surface area contributed by atoms with Gasteiger partial charge in [0.25, 0.3) is 11.8 Å². The molecule has 174 valence electrons. The number of hydrogen-bond donors (Lipinski definition) is 2. The van der Waals surface area contributed by atoms with Crippen LogP contribution in [0.4, 0.5) is 5.69 Å². The van der Waals surface area contributed by atoms with Crippen molar-refractivity contribution < 1.29 is 9.59 Å². The maximum atomic E-state index is 12.6. The lowest BCUT2D eigenvalue weighted by molar-refractivity contribution is -0.112. The molecule has 0 unspecified atom stereocenters. The number of piperidine rings is 1. The van der Waals surface area contributed by atoms with E-state index in [-0.39, 0.29) is 11.8 Å². The Balaban J connectivity index is 1.32. The van der Waals surface area contributed by atoms with Gasteiger partial charge in [0, 0.05) is 35.1 Å². The fraction of sp³-hybridized carbons (Fsp3) is 0.385. The maximum absolute atomic E-state index is 12.6. The van der Waals surface area contributed by atoms with Gasteiger partial charge in [-0.3, -0.25) is 9.59 Å². The van der Waals surface area contributed by atoms with E-state index in [9.17, 15) is 9.59 Å². The zero-order valence-corrected chi connectivity index (χ0v) is 20.6. The molecule has 2 amide bonds. The van der Waals surface area contributed by atoms with Crippen LogP contribution in [0.15, 0.2) is 52.3 Å². The third-order valence-corrected chi connectivity index (χ3v) is 7.30. The summed E-state index contributed by atoms with van der Waals surface area (Å²) in [6, 6.07) is 12.8. The highest BCUT2D eigenvalue weighted by atomic mass is 35.5. The molecule has 0 saturated carbocycles. The second kappa shape index (κ2) is 10.8. The summed E-state index contributed by atoms with van der Waals surface area (Å²) >= 11 is 7.44. The quantitative estimate of drug-likeness (QED) is 0.419. The van der Waals surface area contributed by atoms with E-state index in [1.165, 1.54) is 18.2 Å². The summed E-state index contributed by atoms with van der Waals surface area (Å²) in [4.78, 5) is 29.2. The molecule has 0 spiro atoms. The summed E-state index contributed by atoms with van der Waals surface area (Å²) in [5.74, 6) is 1.19. The highest BCUT2D eigenvalue weighted by molar-refractivity contribution is 8.04. The fourth-order valence-corrected chi connectivity index (χ4v) is 5.76. The number of nitrogens with zero attached hydrogens (tertiary/aromatic N) is 1. The molecular weight excluding hydrogens is 454 g/mol. The number of hydrogen-bond acceptors (Lipinski definition) is 4. The van der Waals surface area contributed by atoms with Crippen LogP contribution in [0, 0.1) is 11.8 Å². The largest absolute Gasteiger partial charge is 0.352 e. The minimum absolute atomic E-state index is 0.113. The molecule has 2 aliphatic heterocycles. The molecule has 0 bridgehead atoms. The van der Waals surface area contributed by atoms with Gasteiger partial charge < -0.3 is 15.5 Å². The van der Waals surface area contributed by atoms with E-state index in [4.69, 9.17) is 11.6 Å². The van der Waals surface area contributed by atoms with E-state index >= 15 is 0 Å². The van der Waals surface area contributed by atoms with Crippen LogP contribution in [0.5, 0.6) is 0 Å². The first-order valence-corrected chi connectivity index (χ1v) is 12.7. The second-order valence-electron chi connectivity index (χ2n) is 9.15. The van der Waals surface area contributed by atoms with E-state index in [2.05, 4.69) is 29.4 Å². The molecule has 7 heteroatoms. The van der Waals surface area contributed by atoms with Crippen molar-refractivity contribution in [3.05, 3.63) is 63.5 Å². The number of benzene rings is 2. The van der Waals surface area contributed by atoms with Gasteiger partial charge in [-0.25, -0.2) is 0 Å². The van der Waals surface area contributed by atoms with Gasteiger partial charge in [-0.05, 0) is 73.2 Å². The number of thioether (sulfide) groups is 1. The summed E-state index contributed by atoms with van der Waals surface area (Å²) in [5.41, 5.74) is 2.09. The number of fused-ring (bicyclic) bond motifs is 1. The Hall–Kier alpha value is -2.28. The second-order valence-corrected chi connectivity index (χ2v) is 10.7. The SMILES string of the molecule is C[C@H]1C[C@H](C)CN(CCCNC(=O)c2ccc3c(c2)NC(=O)/C(=C\c2cccc(Cl)c2)S3)C1. The van der Waals surface area contributed by atoms with Crippen molar-refractivity contribution >= 4 is 46.9 Å². The Morgan fingerprint density at radius 2 is 2.00 bits per heavy atom. The third-order valence-electron chi connectivity index (χ3n) is 5.96. The highest BCUT2D eigenvalue weighted by Gasteiger charge is 2.23. The average molecular weight is 484 g/mol. The first-order valence-electron chi connectivity index (χ1n) is 11.5. The summed E-state index contributed by atoms with van der Waals surface area (Å²) in [7, 11) is 0. The summed E-state index contributed by atoms with van der Waals surface area (Å²) in [6.45, 7) is 8.57. The van der Waals surface area contributed by atoms with Gasteiger partial charge in [0.05, 0.1) is 10.6 Å². The van der Waals surface area contributed by atoms with E-state index in [0.717, 1.165) is 48.3 Å². The molecule has 1 fully saturated rings. The van der Waals surface area contributed by atoms with E-state index in [1.54, 1.807) is 12.1 Å². The molecule has 4 rings (SSSR count). The van der Waals surface area contributed by atoms with Gasteiger partial charge in [-0.1, -0.05) is 49.3 Å². The molecule has 2 aliphatic rings. The van der Waals surface area contributed by atoms with Gasteiger partial charge in [-0.15, -0.1) is 0 Å². The van der Waals surface area contributed by atoms with Crippen LogP contribution in [0.3, 0.4) is 0 Å². The number of carbonyl (C=O) groups is 2. The molecule has 2 aromatic rings. The van der Waals surface area contributed by atoms with Gasteiger partial charge >= 0.3 is 0 Å². The third kappa shape index (κ3) is 6.40. The molecule has 0 aliphatic carbocycles. The minimum Gasteiger partial charge on any atom is -0.352 e. The highest BCUT2D eigenvalue weighted by Crippen LogP contribution is 2.39. The lowest BCUT2D eigenvalue weighted by Gasteiger charge is -2.34. The van der Waals surface area contributed by atoms with Crippen LogP contribution >= 0.6 is 23.4 Å². The van der Waals surface area contributed by atoms with Crippen LogP contribution in [-0.2, 0) is 4.79 Å². The van der Waals surface area contributed by atoms with Crippen LogP contribution in [0.1, 0.15) is 42.6 Å². The molecule has 2 aromatic carbocycles. The zero-order chi connectivity index (χ0) is 23.4. The molecule has 5 nitrogen and oxygen atoms in total. The van der Waals surface area contributed by atoms with Crippen LogP contribution in [-0.4, -0.2) is 42.9 Å². The topological polar surface area (TPSA) is 61.4 Å². The Morgan fingerprint density at radius 1 is 1.21 bits per heavy atom. The van der Waals surface area contributed by atoms with E-state index in [0.29, 0.717) is 27.7 Å². The number of likely N-dealkylation sites (tertiary alicyclic amines) is 1. The summed E-state index contributed by atoms with van der Waals surface area (Å²) in [5, 5.41) is 6.55. The predicted molar refractivity (Wildman–Crippen MR) is 137 cm³/mol. The van der Waals surface area contributed by atoms with E-state index in [1.807, 2.05) is 36.4 Å². The standard InChI is InChI=1S/C26H30ClN3O2S/c1-17-11-18(2)16-30(15-17)10-4-9-28-25(31)20-7-8-23-22(14-20)29-26(32)24(33-23)13-19-5-3-6-21(27)12-19/h3,5-8,12-14,17-18H,4,9-11,15-16H2,1-2H3,(H,28,31)(H,29,32)/b24-13+/t17-,18-/m0/s1. The predicted octanol–water partition coefficient (Wildman–Crippen LogP) is 5.52. The number of amides is 2. The van der Waals surface area contributed by atoms with Gasteiger partial charge in [0.1, 0.15) is 0 Å². The molecule has 2 N–H and O–H groups in total. The maximum Gasteiger partial charge on any atom is 0.262 e. The Bertz CT molecular complexity index is 1060. The number of carbonyl (C=O) groups excluding carboxylic acids is 2. The molecule has 33 heavy (non-hydrogen) atoms. The van der Waals surface area contributed by atoms with Gasteiger partial charge in [0.15, 0.2) is 0 Å².